The summed E-state index contributed by atoms with van der Waals surface area (Å²) in [5, 5.41) is 4.23. The maximum Gasteiger partial charge on any atom is 0.222 e. The van der Waals surface area contributed by atoms with Gasteiger partial charge in [0.15, 0.2) is 0 Å². The summed E-state index contributed by atoms with van der Waals surface area (Å²) in [5.41, 5.74) is 5.76. The molecule has 6 heteroatoms. The Bertz CT molecular complexity index is 409. The van der Waals surface area contributed by atoms with Crippen LogP contribution in [0.5, 0.6) is 0 Å². The molecule has 0 saturated heterocycles. The molecule has 1 aromatic carbocycles. The Labute approximate surface area is 109 Å². The van der Waals surface area contributed by atoms with Crippen molar-refractivity contribution < 1.29 is 4.79 Å². The first-order chi connectivity index (χ1) is 7.41. The third kappa shape index (κ3) is 3.44. The van der Waals surface area contributed by atoms with E-state index in [1.54, 1.807) is 19.1 Å². The first kappa shape index (κ1) is 13.4. The molecule has 0 radical (unpaired) electrons. The van der Waals surface area contributed by atoms with Crippen LogP contribution in [-0.4, -0.2) is 12.5 Å². The number of anilines is 1. The van der Waals surface area contributed by atoms with Crippen molar-refractivity contribution in [2.24, 2.45) is 11.7 Å². The SMILES string of the molecule is CC(CNc1cc(Cl)c(Cl)cc1Cl)C(N)=O. The molecule has 0 aliphatic carbocycles. The zero-order chi connectivity index (χ0) is 12.3. The van der Waals surface area contributed by atoms with E-state index in [9.17, 15) is 4.79 Å². The number of nitrogens with two attached hydrogens (primary N) is 1. The maximum atomic E-state index is 10.8. The van der Waals surface area contributed by atoms with Crippen LogP contribution < -0.4 is 11.1 Å². The van der Waals surface area contributed by atoms with E-state index in [2.05, 4.69) is 5.32 Å². The third-order valence-corrected chi connectivity index (χ3v) is 3.13. The van der Waals surface area contributed by atoms with Gasteiger partial charge in [0.25, 0.3) is 0 Å². The molecule has 1 rings (SSSR count). The summed E-state index contributed by atoms with van der Waals surface area (Å²) in [4.78, 5) is 10.8. The van der Waals surface area contributed by atoms with Gasteiger partial charge in [-0.2, -0.15) is 0 Å². The second-order valence-corrected chi connectivity index (χ2v) is 4.65. The summed E-state index contributed by atoms with van der Waals surface area (Å²) in [6.45, 7) is 2.12. The Kier molecular flexibility index (Phi) is 4.71. The van der Waals surface area contributed by atoms with Crippen molar-refractivity contribution in [3.8, 4) is 0 Å². The molecular weight excluding hydrogens is 270 g/mol. The minimum atomic E-state index is -0.372. The highest BCUT2D eigenvalue weighted by atomic mass is 35.5. The second-order valence-electron chi connectivity index (χ2n) is 3.43. The fourth-order valence-corrected chi connectivity index (χ4v) is 1.64. The monoisotopic (exact) mass is 280 g/mol. The number of carbonyl (C=O) groups excluding carboxylic acids is 1. The molecule has 0 saturated carbocycles. The minimum absolute atomic E-state index is 0.287. The van der Waals surface area contributed by atoms with Crippen LogP contribution in [0.15, 0.2) is 12.1 Å². The summed E-state index contributed by atoms with van der Waals surface area (Å²) in [5.74, 6) is -0.658. The van der Waals surface area contributed by atoms with Gasteiger partial charge in [-0.3, -0.25) is 4.79 Å². The van der Waals surface area contributed by atoms with E-state index < -0.39 is 0 Å². The lowest BCUT2D eigenvalue weighted by Crippen LogP contribution is -2.26. The standard InChI is InChI=1S/C10H11Cl3N2O/c1-5(10(14)16)4-15-9-3-7(12)6(11)2-8(9)13/h2-3,5,15H,4H2,1H3,(H2,14,16). The number of rotatable bonds is 4. The molecule has 16 heavy (non-hydrogen) atoms. The zero-order valence-corrected chi connectivity index (χ0v) is 10.8. The van der Waals surface area contributed by atoms with Crippen LogP contribution in [0.2, 0.25) is 15.1 Å². The van der Waals surface area contributed by atoms with Gasteiger partial charge in [0.2, 0.25) is 5.91 Å². The quantitative estimate of drug-likeness (QED) is 0.833. The van der Waals surface area contributed by atoms with Gasteiger partial charge in [0, 0.05) is 6.54 Å². The van der Waals surface area contributed by atoms with Crippen LogP contribution >= 0.6 is 34.8 Å². The smallest absolute Gasteiger partial charge is 0.222 e. The van der Waals surface area contributed by atoms with E-state index in [0.717, 1.165) is 0 Å². The van der Waals surface area contributed by atoms with Gasteiger partial charge in [0.1, 0.15) is 0 Å². The number of hydrogen-bond donors (Lipinski definition) is 2. The van der Waals surface area contributed by atoms with Crippen LogP contribution in [0.4, 0.5) is 5.69 Å². The summed E-state index contributed by atoms with van der Waals surface area (Å²) < 4.78 is 0. The minimum Gasteiger partial charge on any atom is -0.383 e. The third-order valence-electron chi connectivity index (χ3n) is 2.09. The van der Waals surface area contributed by atoms with Crippen molar-refractivity contribution in [1.29, 1.82) is 0 Å². The summed E-state index contributed by atoms with van der Waals surface area (Å²) in [6, 6.07) is 3.16. The molecule has 0 aliphatic heterocycles. The van der Waals surface area contributed by atoms with Crippen molar-refractivity contribution in [3.63, 3.8) is 0 Å². The van der Waals surface area contributed by atoms with E-state index in [1.165, 1.54) is 0 Å². The van der Waals surface area contributed by atoms with Crippen molar-refractivity contribution in [3.05, 3.63) is 27.2 Å². The van der Waals surface area contributed by atoms with E-state index in [4.69, 9.17) is 40.5 Å². The molecule has 3 N–H and O–H groups in total. The van der Waals surface area contributed by atoms with Gasteiger partial charge in [-0.1, -0.05) is 41.7 Å². The fourth-order valence-electron chi connectivity index (χ4n) is 1.02. The van der Waals surface area contributed by atoms with Crippen molar-refractivity contribution in [2.75, 3.05) is 11.9 Å². The molecule has 0 fully saturated rings. The molecule has 0 spiro atoms. The van der Waals surface area contributed by atoms with E-state index >= 15 is 0 Å². The highest BCUT2D eigenvalue weighted by Gasteiger charge is 2.10. The fraction of sp³-hybridized carbons (Fsp3) is 0.300. The van der Waals surface area contributed by atoms with Gasteiger partial charge >= 0.3 is 0 Å². The van der Waals surface area contributed by atoms with Crippen LogP contribution in [0.25, 0.3) is 0 Å². The van der Waals surface area contributed by atoms with Crippen molar-refractivity contribution in [2.45, 2.75) is 6.92 Å². The number of carbonyl (C=O) groups is 1. The van der Waals surface area contributed by atoms with Crippen LogP contribution in [0.1, 0.15) is 6.92 Å². The van der Waals surface area contributed by atoms with Crippen molar-refractivity contribution >= 4 is 46.4 Å². The van der Waals surface area contributed by atoms with Crippen LogP contribution in [0, 0.1) is 5.92 Å². The number of nitrogens with one attached hydrogen (secondary N) is 1. The van der Waals surface area contributed by atoms with Gasteiger partial charge in [-0.05, 0) is 12.1 Å². The number of benzene rings is 1. The average Bonchev–Trinajstić information content (AvgIpc) is 2.20. The summed E-state index contributed by atoms with van der Waals surface area (Å²) in [6.07, 6.45) is 0. The zero-order valence-electron chi connectivity index (χ0n) is 8.56. The van der Waals surface area contributed by atoms with Crippen LogP contribution in [0.3, 0.4) is 0 Å². The molecule has 0 heterocycles. The normalized spacial score (nSPS) is 12.2. The Hall–Kier alpha value is -0.640. The summed E-state index contributed by atoms with van der Waals surface area (Å²) >= 11 is 17.6. The molecule has 0 bridgehead atoms. The van der Waals surface area contributed by atoms with E-state index in [0.29, 0.717) is 27.3 Å². The Morgan fingerprint density at radius 2 is 1.88 bits per heavy atom. The second kappa shape index (κ2) is 5.62. The number of amides is 1. The first-order valence-electron chi connectivity index (χ1n) is 4.59. The molecule has 0 aromatic heterocycles. The summed E-state index contributed by atoms with van der Waals surface area (Å²) in [7, 11) is 0. The first-order valence-corrected chi connectivity index (χ1v) is 5.73. The van der Waals surface area contributed by atoms with Crippen LogP contribution in [-0.2, 0) is 4.79 Å². The Morgan fingerprint density at radius 1 is 1.31 bits per heavy atom. The average molecular weight is 282 g/mol. The van der Waals surface area contributed by atoms with Gasteiger partial charge in [0.05, 0.1) is 26.7 Å². The van der Waals surface area contributed by atoms with Gasteiger partial charge in [-0.15, -0.1) is 0 Å². The lowest BCUT2D eigenvalue weighted by Gasteiger charge is -2.12. The lowest BCUT2D eigenvalue weighted by atomic mass is 10.1. The lowest BCUT2D eigenvalue weighted by molar-refractivity contribution is -0.120. The molecule has 1 amide bonds. The molecule has 3 nitrogen and oxygen atoms in total. The largest absolute Gasteiger partial charge is 0.383 e. The predicted molar refractivity (Wildman–Crippen MR) is 68.3 cm³/mol. The topological polar surface area (TPSA) is 55.1 Å². The maximum absolute atomic E-state index is 10.8. The molecular formula is C10H11Cl3N2O. The molecule has 1 unspecified atom stereocenters. The van der Waals surface area contributed by atoms with Gasteiger partial charge in [-0.25, -0.2) is 0 Å². The van der Waals surface area contributed by atoms with Crippen molar-refractivity contribution in [1.82, 2.24) is 0 Å². The molecule has 1 aromatic rings. The van der Waals surface area contributed by atoms with Gasteiger partial charge < -0.3 is 11.1 Å². The molecule has 1 atom stereocenters. The Morgan fingerprint density at radius 3 is 2.44 bits per heavy atom. The van der Waals surface area contributed by atoms with E-state index in [1.807, 2.05) is 0 Å². The Balaban J connectivity index is 2.74. The molecule has 88 valence electrons. The number of halogens is 3. The highest BCUT2D eigenvalue weighted by Crippen LogP contribution is 2.32. The molecule has 0 aliphatic rings. The number of hydrogen-bond acceptors (Lipinski definition) is 2. The van der Waals surface area contributed by atoms with E-state index in [-0.39, 0.29) is 11.8 Å². The predicted octanol–water partition coefficient (Wildman–Crippen LogP) is 3.18. The number of primary amides is 1. The highest BCUT2D eigenvalue weighted by molar-refractivity contribution is 6.44.